The van der Waals surface area contributed by atoms with Crippen LogP contribution in [0.2, 0.25) is 0 Å². The quantitative estimate of drug-likeness (QED) is 0.901. The van der Waals surface area contributed by atoms with Gasteiger partial charge in [0.25, 0.3) is 0 Å². The number of aliphatic imine (C=N–C) groups is 1. The molecule has 1 atom stereocenters. The van der Waals surface area contributed by atoms with Gasteiger partial charge in [-0.15, -0.1) is 0 Å². The number of carbonyl (C=O) groups excluding carboxylic acids is 1. The maximum Gasteiger partial charge on any atom is 0.239 e. The van der Waals surface area contributed by atoms with Crippen LogP contribution in [-0.2, 0) is 11.2 Å². The first-order chi connectivity index (χ1) is 10.2. The van der Waals surface area contributed by atoms with E-state index in [1.807, 2.05) is 54.6 Å². The number of nitrogens with zero attached hydrogens (tertiary/aromatic N) is 1. The van der Waals surface area contributed by atoms with E-state index in [0.29, 0.717) is 5.17 Å². The standard InChI is InChI=1S/C16H13BrN2OS/c17-12-6-8-13(9-7-12)18-16-19-15(20)14(21-16)10-11-4-2-1-3-5-11/h1-9,14H,10H2,(H,18,19,20). The molecule has 0 radical (unpaired) electrons. The lowest BCUT2D eigenvalue weighted by molar-refractivity contribution is -0.118. The fourth-order valence-electron chi connectivity index (χ4n) is 2.05. The van der Waals surface area contributed by atoms with Gasteiger partial charge in [-0.25, -0.2) is 4.99 Å². The van der Waals surface area contributed by atoms with Gasteiger partial charge in [0.15, 0.2) is 5.17 Å². The van der Waals surface area contributed by atoms with Crippen LogP contribution >= 0.6 is 27.7 Å². The first-order valence-electron chi connectivity index (χ1n) is 6.56. The molecule has 2 aromatic rings. The number of hydrogen-bond acceptors (Lipinski definition) is 3. The van der Waals surface area contributed by atoms with Crippen LogP contribution in [0.3, 0.4) is 0 Å². The lowest BCUT2D eigenvalue weighted by Crippen LogP contribution is -2.25. The first-order valence-corrected chi connectivity index (χ1v) is 8.24. The van der Waals surface area contributed by atoms with Gasteiger partial charge in [-0.2, -0.15) is 0 Å². The molecule has 0 aliphatic carbocycles. The molecule has 0 bridgehead atoms. The van der Waals surface area contributed by atoms with Crippen molar-refractivity contribution in [1.82, 2.24) is 5.32 Å². The average Bonchev–Trinajstić information content (AvgIpc) is 2.82. The number of thioether (sulfide) groups is 1. The van der Waals surface area contributed by atoms with Crippen molar-refractivity contribution in [3.63, 3.8) is 0 Å². The van der Waals surface area contributed by atoms with Gasteiger partial charge < -0.3 is 5.32 Å². The normalized spacial score (nSPS) is 19.8. The summed E-state index contributed by atoms with van der Waals surface area (Å²) in [7, 11) is 0. The molecule has 3 rings (SSSR count). The minimum absolute atomic E-state index is 0.0275. The maximum atomic E-state index is 12.0. The molecule has 0 spiro atoms. The number of nitrogens with one attached hydrogen (secondary N) is 1. The van der Waals surface area contributed by atoms with E-state index in [4.69, 9.17) is 0 Å². The van der Waals surface area contributed by atoms with E-state index in [1.54, 1.807) is 0 Å². The first kappa shape index (κ1) is 14.4. The van der Waals surface area contributed by atoms with Crippen LogP contribution in [0.15, 0.2) is 64.1 Å². The number of benzene rings is 2. The highest BCUT2D eigenvalue weighted by Gasteiger charge is 2.30. The van der Waals surface area contributed by atoms with Crippen molar-refractivity contribution < 1.29 is 4.79 Å². The van der Waals surface area contributed by atoms with Gasteiger partial charge in [0.05, 0.1) is 10.9 Å². The second-order valence-corrected chi connectivity index (χ2v) is 6.79. The predicted molar refractivity (Wildman–Crippen MR) is 90.9 cm³/mol. The Hall–Kier alpha value is -1.59. The van der Waals surface area contributed by atoms with Crippen molar-refractivity contribution in [3.8, 4) is 0 Å². The van der Waals surface area contributed by atoms with Crippen molar-refractivity contribution in [3.05, 3.63) is 64.6 Å². The zero-order valence-corrected chi connectivity index (χ0v) is 13.5. The molecule has 1 amide bonds. The van der Waals surface area contributed by atoms with Crippen LogP contribution in [0.25, 0.3) is 0 Å². The molecule has 1 fully saturated rings. The van der Waals surface area contributed by atoms with E-state index >= 15 is 0 Å². The number of rotatable bonds is 3. The summed E-state index contributed by atoms with van der Waals surface area (Å²) in [5.41, 5.74) is 2.00. The molecule has 3 nitrogen and oxygen atoms in total. The minimum atomic E-state index is -0.110. The SMILES string of the molecule is O=C1NC(=Nc2ccc(Br)cc2)SC1Cc1ccccc1. The molecule has 0 saturated carbocycles. The van der Waals surface area contributed by atoms with Crippen molar-refractivity contribution in [2.75, 3.05) is 0 Å². The molecule has 2 aromatic carbocycles. The molecule has 5 heteroatoms. The summed E-state index contributed by atoms with van der Waals surface area (Å²) in [6, 6.07) is 17.7. The second kappa shape index (κ2) is 6.45. The lowest BCUT2D eigenvalue weighted by atomic mass is 10.1. The van der Waals surface area contributed by atoms with Crippen LogP contribution in [0.5, 0.6) is 0 Å². The summed E-state index contributed by atoms with van der Waals surface area (Å²) in [6.45, 7) is 0. The molecule has 1 saturated heterocycles. The molecule has 1 N–H and O–H groups in total. The molecule has 1 aliphatic heterocycles. The predicted octanol–water partition coefficient (Wildman–Crippen LogP) is 3.91. The molecule has 1 heterocycles. The smallest absolute Gasteiger partial charge is 0.239 e. The van der Waals surface area contributed by atoms with Crippen molar-refractivity contribution in [2.24, 2.45) is 4.99 Å². The Morgan fingerprint density at radius 1 is 1.10 bits per heavy atom. The largest absolute Gasteiger partial charge is 0.304 e. The molecular formula is C16H13BrN2OS. The van der Waals surface area contributed by atoms with Crippen LogP contribution in [0.1, 0.15) is 5.56 Å². The van der Waals surface area contributed by atoms with E-state index < -0.39 is 0 Å². The van der Waals surface area contributed by atoms with Gasteiger partial charge in [0, 0.05) is 4.47 Å². The fourth-order valence-corrected chi connectivity index (χ4v) is 3.35. The van der Waals surface area contributed by atoms with Crippen LogP contribution in [-0.4, -0.2) is 16.3 Å². The summed E-state index contributed by atoms with van der Waals surface area (Å²) in [5, 5.41) is 3.41. The summed E-state index contributed by atoms with van der Waals surface area (Å²) < 4.78 is 1.01. The summed E-state index contributed by atoms with van der Waals surface area (Å²) in [5.74, 6) is 0.0275. The minimum Gasteiger partial charge on any atom is -0.304 e. The van der Waals surface area contributed by atoms with Gasteiger partial charge in [0.1, 0.15) is 0 Å². The van der Waals surface area contributed by atoms with Gasteiger partial charge in [-0.1, -0.05) is 58.0 Å². The Balaban J connectivity index is 1.71. The Labute approximate surface area is 136 Å². The third kappa shape index (κ3) is 3.74. The van der Waals surface area contributed by atoms with Gasteiger partial charge in [0.2, 0.25) is 5.91 Å². The number of amidine groups is 1. The Bertz CT molecular complexity index is 670. The number of halogens is 1. The van der Waals surface area contributed by atoms with Crippen LogP contribution in [0.4, 0.5) is 5.69 Å². The van der Waals surface area contributed by atoms with E-state index in [0.717, 1.165) is 22.1 Å². The Morgan fingerprint density at radius 3 is 2.52 bits per heavy atom. The third-order valence-corrected chi connectivity index (χ3v) is 4.71. The molecule has 1 unspecified atom stereocenters. The van der Waals surface area contributed by atoms with Crippen molar-refractivity contribution in [1.29, 1.82) is 0 Å². The van der Waals surface area contributed by atoms with Crippen molar-refractivity contribution in [2.45, 2.75) is 11.7 Å². The number of amides is 1. The monoisotopic (exact) mass is 360 g/mol. The highest BCUT2D eigenvalue weighted by Crippen LogP contribution is 2.26. The highest BCUT2D eigenvalue weighted by atomic mass is 79.9. The summed E-state index contributed by atoms with van der Waals surface area (Å²) >= 11 is 4.88. The number of hydrogen-bond donors (Lipinski definition) is 1. The Morgan fingerprint density at radius 2 is 1.81 bits per heavy atom. The van der Waals surface area contributed by atoms with Crippen LogP contribution < -0.4 is 5.32 Å². The van der Waals surface area contributed by atoms with E-state index in [2.05, 4.69) is 26.2 Å². The average molecular weight is 361 g/mol. The van der Waals surface area contributed by atoms with E-state index in [9.17, 15) is 4.79 Å². The van der Waals surface area contributed by atoms with Gasteiger partial charge >= 0.3 is 0 Å². The molecule has 106 valence electrons. The lowest BCUT2D eigenvalue weighted by Gasteiger charge is -2.04. The van der Waals surface area contributed by atoms with Gasteiger partial charge in [-0.3, -0.25) is 4.79 Å². The van der Waals surface area contributed by atoms with Crippen molar-refractivity contribution >= 4 is 44.5 Å². The molecular weight excluding hydrogens is 348 g/mol. The van der Waals surface area contributed by atoms with E-state index in [1.165, 1.54) is 11.8 Å². The molecule has 21 heavy (non-hydrogen) atoms. The number of carbonyl (C=O) groups is 1. The third-order valence-electron chi connectivity index (χ3n) is 3.10. The summed E-state index contributed by atoms with van der Waals surface area (Å²) in [6.07, 6.45) is 0.719. The van der Waals surface area contributed by atoms with Gasteiger partial charge in [-0.05, 0) is 36.2 Å². The fraction of sp³-hybridized carbons (Fsp3) is 0.125. The zero-order chi connectivity index (χ0) is 14.7. The Kier molecular flexibility index (Phi) is 4.41. The maximum absolute atomic E-state index is 12.0. The molecule has 1 aliphatic rings. The topological polar surface area (TPSA) is 41.5 Å². The van der Waals surface area contributed by atoms with E-state index in [-0.39, 0.29) is 11.2 Å². The van der Waals surface area contributed by atoms with Crippen LogP contribution in [0, 0.1) is 0 Å². The zero-order valence-electron chi connectivity index (χ0n) is 11.1. The summed E-state index contributed by atoms with van der Waals surface area (Å²) in [4.78, 5) is 16.5. The highest BCUT2D eigenvalue weighted by molar-refractivity contribution is 9.10. The second-order valence-electron chi connectivity index (χ2n) is 4.68. The molecule has 0 aromatic heterocycles.